The van der Waals surface area contributed by atoms with Crippen molar-refractivity contribution in [2.24, 2.45) is 29.6 Å². The van der Waals surface area contributed by atoms with Crippen LogP contribution in [0.4, 0.5) is 0 Å². The second-order valence-electron chi connectivity index (χ2n) is 15.5. The van der Waals surface area contributed by atoms with Gasteiger partial charge in [0.05, 0.1) is 60.5 Å². The van der Waals surface area contributed by atoms with Gasteiger partial charge in [-0.3, -0.25) is 0 Å². The number of ether oxygens (including phenoxy) is 6. The van der Waals surface area contributed by atoms with E-state index >= 15 is 0 Å². The van der Waals surface area contributed by atoms with Crippen LogP contribution in [0.2, 0.25) is 0 Å². The summed E-state index contributed by atoms with van der Waals surface area (Å²) in [7, 11) is 1.75. The molecule has 0 aromatic rings. The molecule has 5 heterocycles. The molecule has 9 nitrogen and oxygen atoms in total. The average Bonchev–Trinajstić information content (AvgIpc) is 3.65. The highest BCUT2D eigenvalue weighted by molar-refractivity contribution is 5.07. The SMILES string of the molecule is CC[C@H](OC)[C@H](C)[C@H]1O[C@@]2(CC[C@@](C)([C@H]3CC[C@@](C)([C@@H]4OC([C@H]5O[C@@](O)(CO)[C@H](C)C[C@@H]5C)C[C@@H]4C)O3)O2)C[C@H](O)[C@H]1C. The Kier molecular flexibility index (Phi) is 9.76. The van der Waals surface area contributed by atoms with Crippen LogP contribution in [0.15, 0.2) is 0 Å². The van der Waals surface area contributed by atoms with E-state index in [1.165, 1.54) is 0 Å². The molecule has 0 saturated carbocycles. The lowest BCUT2D eigenvalue weighted by atomic mass is 9.80. The molecule has 0 aromatic carbocycles. The van der Waals surface area contributed by atoms with Gasteiger partial charge in [0, 0.05) is 37.7 Å². The third-order valence-corrected chi connectivity index (χ3v) is 12.3. The summed E-state index contributed by atoms with van der Waals surface area (Å²) in [5.74, 6) is -1.92. The maximum atomic E-state index is 11.2. The minimum absolute atomic E-state index is 0.00676. The summed E-state index contributed by atoms with van der Waals surface area (Å²) in [6.07, 6.45) is 4.88. The van der Waals surface area contributed by atoms with Gasteiger partial charge < -0.3 is 43.7 Å². The van der Waals surface area contributed by atoms with Gasteiger partial charge in [0.15, 0.2) is 11.6 Å². The first-order valence-electron chi connectivity index (χ1n) is 17.1. The van der Waals surface area contributed by atoms with Gasteiger partial charge in [0.2, 0.25) is 0 Å². The fraction of sp³-hybridized carbons (Fsp3) is 1.00. The number of hydrogen-bond donors (Lipinski definition) is 3. The van der Waals surface area contributed by atoms with Crippen LogP contribution in [0.5, 0.6) is 0 Å². The van der Waals surface area contributed by atoms with Gasteiger partial charge in [-0.05, 0) is 64.2 Å². The molecule has 0 amide bonds. The summed E-state index contributed by atoms with van der Waals surface area (Å²) < 4.78 is 39.3. The Hall–Kier alpha value is -0.360. The lowest BCUT2D eigenvalue weighted by Gasteiger charge is -2.48. The lowest BCUT2D eigenvalue weighted by Crippen LogP contribution is -2.56. The molecular weight excluding hydrogens is 552 g/mol. The number of aliphatic hydroxyl groups is 3. The Morgan fingerprint density at radius 1 is 0.953 bits per heavy atom. The Labute approximate surface area is 259 Å². The summed E-state index contributed by atoms with van der Waals surface area (Å²) in [6.45, 7) is 16.5. The van der Waals surface area contributed by atoms with E-state index in [-0.39, 0.29) is 66.2 Å². The van der Waals surface area contributed by atoms with E-state index in [1.54, 1.807) is 7.11 Å². The van der Waals surface area contributed by atoms with E-state index in [0.29, 0.717) is 6.42 Å². The van der Waals surface area contributed by atoms with E-state index in [1.807, 2.05) is 6.92 Å². The van der Waals surface area contributed by atoms with Crippen molar-refractivity contribution in [3.8, 4) is 0 Å². The van der Waals surface area contributed by atoms with Gasteiger partial charge in [0.1, 0.15) is 0 Å². The van der Waals surface area contributed by atoms with Crippen LogP contribution >= 0.6 is 0 Å². The molecule has 5 saturated heterocycles. The van der Waals surface area contributed by atoms with Crippen molar-refractivity contribution >= 4 is 0 Å². The van der Waals surface area contributed by atoms with Crippen LogP contribution in [0.25, 0.3) is 0 Å². The quantitative estimate of drug-likeness (QED) is 0.363. The minimum Gasteiger partial charge on any atom is -0.393 e. The number of rotatable bonds is 8. The summed E-state index contributed by atoms with van der Waals surface area (Å²) in [6, 6.07) is 0. The highest BCUT2D eigenvalue weighted by Crippen LogP contribution is 2.54. The molecule has 16 atom stereocenters. The highest BCUT2D eigenvalue weighted by atomic mass is 16.7. The molecule has 1 spiro atoms. The van der Waals surface area contributed by atoms with Crippen LogP contribution in [0, 0.1) is 29.6 Å². The molecule has 0 aliphatic carbocycles. The standard InChI is InChI=1S/C34H60O9/c1-10-25(38-9)23(6)29-22(5)24(36)17-33(41-29)14-13-31(7,43-33)27-11-12-32(8,40-27)30-20(3)16-26(39-30)28-19(2)15-21(4)34(37,18-35)42-28/h19-30,35-37H,10-18H2,1-9H3/t19-,20-,21+,22+,23-,24-,25-,26?,27+,28-,29-,30+,31-,32-,33+,34-/m0/s1. The zero-order chi connectivity index (χ0) is 31.5. The Morgan fingerprint density at radius 2 is 1.67 bits per heavy atom. The molecule has 0 bridgehead atoms. The molecule has 250 valence electrons. The van der Waals surface area contributed by atoms with Gasteiger partial charge in [-0.1, -0.05) is 41.5 Å². The number of methoxy groups -OCH3 is 1. The normalized spacial score (nSPS) is 53.9. The summed E-state index contributed by atoms with van der Waals surface area (Å²) in [5, 5.41) is 32.0. The van der Waals surface area contributed by atoms with Crippen molar-refractivity contribution in [3.05, 3.63) is 0 Å². The van der Waals surface area contributed by atoms with Crippen molar-refractivity contribution in [2.75, 3.05) is 13.7 Å². The van der Waals surface area contributed by atoms with E-state index in [0.717, 1.165) is 44.9 Å². The second kappa shape index (κ2) is 12.3. The number of hydrogen-bond acceptors (Lipinski definition) is 9. The molecule has 5 aliphatic rings. The maximum absolute atomic E-state index is 11.2. The third-order valence-electron chi connectivity index (χ3n) is 12.3. The molecule has 5 aliphatic heterocycles. The summed E-state index contributed by atoms with van der Waals surface area (Å²) in [4.78, 5) is 0. The Morgan fingerprint density at radius 3 is 2.33 bits per heavy atom. The maximum Gasteiger partial charge on any atom is 0.192 e. The second-order valence-corrected chi connectivity index (χ2v) is 15.5. The molecular formula is C34H60O9. The smallest absolute Gasteiger partial charge is 0.192 e. The monoisotopic (exact) mass is 612 g/mol. The molecule has 5 fully saturated rings. The van der Waals surface area contributed by atoms with Gasteiger partial charge in [-0.2, -0.15) is 0 Å². The molecule has 0 radical (unpaired) electrons. The molecule has 1 unspecified atom stereocenters. The first-order valence-corrected chi connectivity index (χ1v) is 17.1. The molecule has 3 N–H and O–H groups in total. The van der Waals surface area contributed by atoms with E-state index in [9.17, 15) is 15.3 Å². The lowest BCUT2D eigenvalue weighted by molar-refractivity contribution is -0.335. The van der Waals surface area contributed by atoms with Crippen LogP contribution < -0.4 is 0 Å². The largest absolute Gasteiger partial charge is 0.393 e. The van der Waals surface area contributed by atoms with Gasteiger partial charge in [-0.15, -0.1) is 0 Å². The van der Waals surface area contributed by atoms with E-state index < -0.39 is 35.5 Å². The zero-order valence-electron chi connectivity index (χ0n) is 28.1. The van der Waals surface area contributed by atoms with Crippen LogP contribution in [0.3, 0.4) is 0 Å². The first kappa shape index (κ1) is 34.0. The molecule has 5 rings (SSSR count). The summed E-state index contributed by atoms with van der Waals surface area (Å²) in [5.41, 5.74) is -1.02. The van der Waals surface area contributed by atoms with Gasteiger partial charge in [0.25, 0.3) is 0 Å². The van der Waals surface area contributed by atoms with Gasteiger partial charge >= 0.3 is 0 Å². The zero-order valence-corrected chi connectivity index (χ0v) is 28.1. The van der Waals surface area contributed by atoms with Crippen LogP contribution in [-0.4, -0.2) is 94.5 Å². The highest BCUT2D eigenvalue weighted by Gasteiger charge is 2.61. The van der Waals surface area contributed by atoms with Crippen LogP contribution in [-0.2, 0) is 28.4 Å². The first-order chi connectivity index (χ1) is 20.1. The van der Waals surface area contributed by atoms with E-state index in [2.05, 4.69) is 48.5 Å². The van der Waals surface area contributed by atoms with Gasteiger partial charge in [-0.25, -0.2) is 0 Å². The predicted octanol–water partition coefficient (Wildman–Crippen LogP) is 4.57. The Bertz CT molecular complexity index is 962. The molecule has 0 aromatic heterocycles. The fourth-order valence-electron chi connectivity index (χ4n) is 9.40. The predicted molar refractivity (Wildman–Crippen MR) is 161 cm³/mol. The minimum atomic E-state index is -1.53. The van der Waals surface area contributed by atoms with E-state index in [4.69, 9.17) is 28.4 Å². The third kappa shape index (κ3) is 6.09. The topological polar surface area (TPSA) is 116 Å². The van der Waals surface area contributed by atoms with Crippen molar-refractivity contribution < 1.29 is 43.7 Å². The van der Waals surface area contributed by atoms with Crippen molar-refractivity contribution in [2.45, 2.75) is 172 Å². The fourth-order valence-corrected chi connectivity index (χ4v) is 9.40. The van der Waals surface area contributed by atoms with Crippen molar-refractivity contribution in [1.82, 2.24) is 0 Å². The number of aliphatic hydroxyl groups excluding tert-OH is 2. The average molecular weight is 613 g/mol. The van der Waals surface area contributed by atoms with Crippen molar-refractivity contribution in [3.63, 3.8) is 0 Å². The van der Waals surface area contributed by atoms with Crippen LogP contribution in [0.1, 0.15) is 107 Å². The Balaban J connectivity index is 1.25. The van der Waals surface area contributed by atoms with Crippen molar-refractivity contribution in [1.29, 1.82) is 0 Å². The summed E-state index contributed by atoms with van der Waals surface area (Å²) >= 11 is 0. The molecule has 9 heteroatoms. The molecule has 43 heavy (non-hydrogen) atoms.